The van der Waals surface area contributed by atoms with E-state index in [1.54, 1.807) is 12.1 Å². The Morgan fingerprint density at radius 3 is 2.76 bits per heavy atom. The van der Waals surface area contributed by atoms with Crippen molar-refractivity contribution >= 4 is 29.1 Å². The van der Waals surface area contributed by atoms with Crippen molar-refractivity contribution in [1.82, 2.24) is 15.3 Å². The van der Waals surface area contributed by atoms with Gasteiger partial charge in [-0.05, 0) is 31.5 Å². The molecule has 0 bridgehead atoms. The van der Waals surface area contributed by atoms with Gasteiger partial charge in [0.15, 0.2) is 0 Å². The summed E-state index contributed by atoms with van der Waals surface area (Å²) >= 11 is 6.09. The van der Waals surface area contributed by atoms with E-state index in [-0.39, 0.29) is 5.91 Å². The minimum Gasteiger partial charge on any atom is -0.351 e. The van der Waals surface area contributed by atoms with Crippen LogP contribution < -0.4 is 10.6 Å². The molecule has 1 heterocycles. The quantitative estimate of drug-likeness (QED) is 0.889. The molecule has 1 aromatic carbocycles. The topological polar surface area (TPSA) is 66.9 Å². The third-order valence-electron chi connectivity index (χ3n) is 2.74. The molecule has 6 heteroatoms. The van der Waals surface area contributed by atoms with Crippen molar-refractivity contribution in [1.29, 1.82) is 0 Å². The first-order valence-electron chi connectivity index (χ1n) is 6.75. The van der Waals surface area contributed by atoms with Crippen molar-refractivity contribution < 1.29 is 4.79 Å². The molecule has 0 aliphatic carbocycles. The van der Waals surface area contributed by atoms with Gasteiger partial charge in [-0.25, -0.2) is 9.97 Å². The molecule has 5 nitrogen and oxygen atoms in total. The molecule has 110 valence electrons. The molecule has 0 radical (unpaired) electrons. The van der Waals surface area contributed by atoms with E-state index < -0.39 is 0 Å². The number of benzene rings is 1. The lowest BCUT2D eigenvalue weighted by Gasteiger charge is -2.09. The normalized spacial score (nSPS) is 10.2. The van der Waals surface area contributed by atoms with Gasteiger partial charge >= 0.3 is 0 Å². The minimum atomic E-state index is -0.204. The van der Waals surface area contributed by atoms with Crippen LogP contribution in [0.3, 0.4) is 0 Å². The maximum Gasteiger partial charge on any atom is 0.270 e. The van der Waals surface area contributed by atoms with E-state index in [0.717, 1.165) is 6.42 Å². The van der Waals surface area contributed by atoms with Gasteiger partial charge in [-0.1, -0.05) is 30.7 Å². The summed E-state index contributed by atoms with van der Waals surface area (Å²) in [4.78, 5) is 20.5. The zero-order valence-electron chi connectivity index (χ0n) is 12.0. The molecule has 0 saturated heterocycles. The van der Waals surface area contributed by atoms with Crippen LogP contribution in [-0.2, 0) is 0 Å². The second kappa shape index (κ2) is 7.04. The number of rotatable bonds is 5. The number of hydrogen-bond acceptors (Lipinski definition) is 4. The van der Waals surface area contributed by atoms with Crippen LogP contribution in [0, 0.1) is 6.92 Å². The number of nitrogens with one attached hydrogen (secondary N) is 2. The minimum absolute atomic E-state index is 0.204. The SMILES string of the molecule is CCCNC(=O)c1cc(C)nc(Nc2ccccc2Cl)n1. The van der Waals surface area contributed by atoms with E-state index in [1.807, 2.05) is 32.0 Å². The largest absolute Gasteiger partial charge is 0.351 e. The van der Waals surface area contributed by atoms with E-state index in [1.165, 1.54) is 0 Å². The molecule has 2 rings (SSSR count). The lowest BCUT2D eigenvalue weighted by atomic mass is 10.3. The number of carbonyl (C=O) groups excluding carboxylic acids is 1. The Labute approximate surface area is 128 Å². The van der Waals surface area contributed by atoms with Crippen molar-refractivity contribution in [3.05, 3.63) is 46.7 Å². The fraction of sp³-hybridized carbons (Fsp3) is 0.267. The summed E-state index contributed by atoms with van der Waals surface area (Å²) in [5, 5.41) is 6.39. The van der Waals surface area contributed by atoms with Gasteiger partial charge in [-0.3, -0.25) is 4.79 Å². The lowest BCUT2D eigenvalue weighted by Crippen LogP contribution is -2.25. The molecular formula is C15H17ClN4O. The highest BCUT2D eigenvalue weighted by Crippen LogP contribution is 2.23. The van der Waals surface area contributed by atoms with Crippen molar-refractivity contribution in [2.45, 2.75) is 20.3 Å². The first-order valence-corrected chi connectivity index (χ1v) is 7.13. The van der Waals surface area contributed by atoms with Crippen LogP contribution in [0.15, 0.2) is 30.3 Å². The Bertz CT molecular complexity index is 645. The van der Waals surface area contributed by atoms with Crippen LogP contribution in [0.1, 0.15) is 29.5 Å². The monoisotopic (exact) mass is 304 g/mol. The Morgan fingerprint density at radius 1 is 1.29 bits per heavy atom. The molecule has 2 N–H and O–H groups in total. The molecule has 0 spiro atoms. The van der Waals surface area contributed by atoms with Gasteiger partial charge in [0.05, 0.1) is 10.7 Å². The highest BCUT2D eigenvalue weighted by molar-refractivity contribution is 6.33. The summed E-state index contributed by atoms with van der Waals surface area (Å²) in [6.07, 6.45) is 0.876. The Kier molecular flexibility index (Phi) is 5.11. The van der Waals surface area contributed by atoms with E-state index in [2.05, 4.69) is 20.6 Å². The summed E-state index contributed by atoms with van der Waals surface area (Å²) in [6.45, 7) is 4.43. The number of carbonyl (C=O) groups is 1. The number of para-hydroxylation sites is 1. The predicted octanol–water partition coefficient (Wildman–Crippen LogP) is 3.32. The number of nitrogens with zero attached hydrogens (tertiary/aromatic N) is 2. The Balaban J connectivity index is 2.23. The van der Waals surface area contributed by atoms with Gasteiger partial charge in [0.25, 0.3) is 5.91 Å². The molecule has 0 saturated carbocycles. The van der Waals surface area contributed by atoms with Gasteiger partial charge in [-0.15, -0.1) is 0 Å². The second-order valence-corrected chi connectivity index (χ2v) is 4.99. The lowest BCUT2D eigenvalue weighted by molar-refractivity contribution is 0.0948. The number of aromatic nitrogens is 2. The smallest absolute Gasteiger partial charge is 0.270 e. The fourth-order valence-electron chi connectivity index (χ4n) is 1.75. The van der Waals surface area contributed by atoms with Crippen LogP contribution >= 0.6 is 11.6 Å². The highest BCUT2D eigenvalue weighted by atomic mass is 35.5. The van der Waals surface area contributed by atoms with E-state index >= 15 is 0 Å². The predicted molar refractivity (Wildman–Crippen MR) is 84.1 cm³/mol. The van der Waals surface area contributed by atoms with Crippen LogP contribution in [-0.4, -0.2) is 22.4 Å². The highest BCUT2D eigenvalue weighted by Gasteiger charge is 2.10. The number of aryl methyl sites for hydroxylation is 1. The van der Waals surface area contributed by atoms with E-state index in [0.29, 0.717) is 34.6 Å². The van der Waals surface area contributed by atoms with Crippen molar-refractivity contribution in [3.63, 3.8) is 0 Å². The maximum atomic E-state index is 12.0. The zero-order valence-corrected chi connectivity index (χ0v) is 12.7. The van der Waals surface area contributed by atoms with Gasteiger partial charge in [0, 0.05) is 12.2 Å². The average Bonchev–Trinajstić information content (AvgIpc) is 2.46. The van der Waals surface area contributed by atoms with Crippen LogP contribution in [0.2, 0.25) is 5.02 Å². The molecule has 2 aromatic rings. The van der Waals surface area contributed by atoms with Crippen LogP contribution in [0.5, 0.6) is 0 Å². The summed E-state index contributed by atoms with van der Waals surface area (Å²) in [6, 6.07) is 8.95. The molecule has 0 unspecified atom stereocenters. The molecule has 1 amide bonds. The molecule has 1 aromatic heterocycles. The van der Waals surface area contributed by atoms with Gasteiger partial charge in [-0.2, -0.15) is 0 Å². The van der Waals surface area contributed by atoms with E-state index in [4.69, 9.17) is 11.6 Å². The number of anilines is 2. The third-order valence-corrected chi connectivity index (χ3v) is 3.07. The molecule has 0 aliphatic rings. The average molecular weight is 305 g/mol. The number of halogens is 1. The number of amides is 1. The molecule has 0 atom stereocenters. The van der Waals surface area contributed by atoms with Crippen LogP contribution in [0.4, 0.5) is 11.6 Å². The fourth-order valence-corrected chi connectivity index (χ4v) is 1.94. The van der Waals surface area contributed by atoms with E-state index in [9.17, 15) is 4.79 Å². The molecule has 0 fully saturated rings. The first kappa shape index (κ1) is 15.3. The van der Waals surface area contributed by atoms with Crippen molar-refractivity contribution in [3.8, 4) is 0 Å². The molecule has 0 aliphatic heterocycles. The van der Waals surface area contributed by atoms with Gasteiger partial charge in [0.1, 0.15) is 5.69 Å². The molecule has 21 heavy (non-hydrogen) atoms. The summed E-state index contributed by atoms with van der Waals surface area (Å²) in [7, 11) is 0. The zero-order chi connectivity index (χ0) is 15.2. The summed E-state index contributed by atoms with van der Waals surface area (Å²) in [5.74, 6) is 0.148. The summed E-state index contributed by atoms with van der Waals surface area (Å²) in [5.41, 5.74) is 1.75. The van der Waals surface area contributed by atoms with Gasteiger partial charge in [0.2, 0.25) is 5.95 Å². The van der Waals surface area contributed by atoms with Gasteiger partial charge < -0.3 is 10.6 Å². The van der Waals surface area contributed by atoms with Crippen molar-refractivity contribution in [2.75, 3.05) is 11.9 Å². The summed E-state index contributed by atoms with van der Waals surface area (Å²) < 4.78 is 0. The Hall–Kier alpha value is -2.14. The van der Waals surface area contributed by atoms with Crippen LogP contribution in [0.25, 0.3) is 0 Å². The second-order valence-electron chi connectivity index (χ2n) is 4.58. The Morgan fingerprint density at radius 2 is 2.05 bits per heavy atom. The standard InChI is InChI=1S/C15H17ClN4O/c1-3-8-17-14(21)13-9-10(2)18-15(20-13)19-12-7-5-4-6-11(12)16/h4-7,9H,3,8H2,1-2H3,(H,17,21)(H,18,19,20). The maximum absolute atomic E-state index is 12.0. The number of hydrogen-bond donors (Lipinski definition) is 2. The molecular weight excluding hydrogens is 288 g/mol. The third kappa shape index (κ3) is 4.16. The van der Waals surface area contributed by atoms with Crippen molar-refractivity contribution in [2.24, 2.45) is 0 Å². The first-order chi connectivity index (χ1) is 10.1.